The monoisotopic (exact) mass is 277 g/mol. The maximum Gasteiger partial charge on any atom is 0.287 e. The van der Waals surface area contributed by atoms with E-state index in [9.17, 15) is 4.79 Å². The van der Waals surface area contributed by atoms with Gasteiger partial charge in [-0.3, -0.25) is 10.2 Å². The number of nitrogen functional groups attached to an aromatic ring is 1. The Balaban J connectivity index is 2.05. The quantitative estimate of drug-likeness (QED) is 0.483. The van der Waals surface area contributed by atoms with Crippen molar-refractivity contribution in [1.29, 1.82) is 0 Å². The molecule has 0 saturated heterocycles. The number of aromatic nitrogens is 1. The van der Waals surface area contributed by atoms with Gasteiger partial charge in [-0.05, 0) is 24.6 Å². The molecule has 0 aliphatic rings. The van der Waals surface area contributed by atoms with E-state index in [2.05, 4.69) is 5.16 Å². The number of rotatable bonds is 5. The number of ether oxygens (including phenoxy) is 2. The topological polar surface area (TPSA) is 99.6 Å². The Labute approximate surface area is 115 Å². The van der Waals surface area contributed by atoms with Crippen LogP contribution in [0, 0.1) is 6.92 Å². The molecule has 0 fully saturated rings. The fourth-order valence-corrected chi connectivity index (χ4v) is 1.60. The van der Waals surface area contributed by atoms with Crippen LogP contribution in [0.3, 0.4) is 0 Å². The van der Waals surface area contributed by atoms with E-state index in [0.717, 1.165) is 5.56 Å². The normalized spacial score (nSPS) is 10.2. The van der Waals surface area contributed by atoms with Gasteiger partial charge in [-0.15, -0.1) is 0 Å². The molecule has 0 aliphatic heterocycles. The van der Waals surface area contributed by atoms with Gasteiger partial charge in [0.1, 0.15) is 6.61 Å². The number of nitrogens with two attached hydrogens (primary N) is 1. The van der Waals surface area contributed by atoms with E-state index >= 15 is 0 Å². The minimum Gasteiger partial charge on any atom is -0.493 e. The number of nitrogens with zero attached hydrogens (tertiary/aromatic N) is 1. The highest BCUT2D eigenvalue weighted by molar-refractivity contribution is 5.91. The number of hydrazine groups is 1. The van der Waals surface area contributed by atoms with Gasteiger partial charge in [0.15, 0.2) is 23.0 Å². The highest BCUT2D eigenvalue weighted by Gasteiger charge is 2.12. The number of methoxy groups -OCH3 is 1. The molecule has 20 heavy (non-hydrogen) atoms. The predicted molar refractivity (Wildman–Crippen MR) is 70.2 cm³/mol. The van der Waals surface area contributed by atoms with Crippen LogP contribution in [0.15, 0.2) is 28.8 Å². The van der Waals surface area contributed by atoms with Gasteiger partial charge >= 0.3 is 0 Å². The number of nitrogens with one attached hydrogen (secondary N) is 1. The molecule has 0 saturated carbocycles. The minimum absolute atomic E-state index is 0.0990. The van der Waals surface area contributed by atoms with Crippen LogP contribution in [-0.2, 0) is 6.61 Å². The summed E-state index contributed by atoms with van der Waals surface area (Å²) in [6.07, 6.45) is 0. The zero-order valence-corrected chi connectivity index (χ0v) is 11.2. The molecule has 0 bridgehead atoms. The van der Waals surface area contributed by atoms with Crippen molar-refractivity contribution < 1.29 is 18.8 Å². The van der Waals surface area contributed by atoms with Gasteiger partial charge in [-0.25, -0.2) is 5.84 Å². The summed E-state index contributed by atoms with van der Waals surface area (Å²) >= 11 is 0. The van der Waals surface area contributed by atoms with E-state index in [1.165, 1.54) is 6.07 Å². The summed E-state index contributed by atoms with van der Waals surface area (Å²) in [6.45, 7) is 2.09. The lowest BCUT2D eigenvalue weighted by atomic mass is 10.2. The number of aryl methyl sites for hydroxylation is 1. The highest BCUT2D eigenvalue weighted by Crippen LogP contribution is 2.28. The number of carbonyl (C=O) groups is 1. The molecule has 1 aromatic heterocycles. The Kier molecular flexibility index (Phi) is 4.21. The molecule has 2 rings (SSSR count). The van der Waals surface area contributed by atoms with E-state index in [1.54, 1.807) is 13.2 Å². The maximum atomic E-state index is 11.2. The van der Waals surface area contributed by atoms with Gasteiger partial charge in [0.25, 0.3) is 5.91 Å². The molecule has 0 radical (unpaired) electrons. The molecule has 0 spiro atoms. The van der Waals surface area contributed by atoms with Gasteiger partial charge in [-0.2, -0.15) is 0 Å². The van der Waals surface area contributed by atoms with Crippen molar-refractivity contribution in [2.45, 2.75) is 13.5 Å². The van der Waals surface area contributed by atoms with Crippen LogP contribution >= 0.6 is 0 Å². The second-order valence-corrected chi connectivity index (χ2v) is 4.09. The third-order valence-electron chi connectivity index (χ3n) is 2.61. The number of hydrogen-bond donors (Lipinski definition) is 2. The zero-order chi connectivity index (χ0) is 14.5. The van der Waals surface area contributed by atoms with Crippen LogP contribution < -0.4 is 20.7 Å². The van der Waals surface area contributed by atoms with Crippen molar-refractivity contribution in [2.24, 2.45) is 5.84 Å². The second kappa shape index (κ2) is 6.07. The molecule has 3 N–H and O–H groups in total. The number of benzene rings is 1. The predicted octanol–water partition coefficient (Wildman–Crippen LogP) is 1.17. The molecule has 0 aliphatic carbocycles. The first kappa shape index (κ1) is 13.9. The van der Waals surface area contributed by atoms with Crippen LogP contribution in [0.4, 0.5) is 0 Å². The van der Waals surface area contributed by atoms with Crippen LogP contribution in [0.2, 0.25) is 0 Å². The Morgan fingerprint density at radius 2 is 2.20 bits per heavy atom. The third kappa shape index (κ3) is 3.07. The summed E-state index contributed by atoms with van der Waals surface area (Å²) in [5.41, 5.74) is 3.14. The van der Waals surface area contributed by atoms with Crippen LogP contribution in [-0.4, -0.2) is 18.2 Å². The van der Waals surface area contributed by atoms with E-state index < -0.39 is 5.91 Å². The second-order valence-electron chi connectivity index (χ2n) is 4.09. The summed E-state index contributed by atoms with van der Waals surface area (Å²) in [5, 5.41) is 3.58. The van der Waals surface area contributed by atoms with Gasteiger partial charge in [0.05, 0.1) is 7.11 Å². The van der Waals surface area contributed by atoms with Crippen molar-refractivity contribution >= 4 is 5.91 Å². The fraction of sp³-hybridized carbons (Fsp3) is 0.231. The number of amides is 1. The lowest BCUT2D eigenvalue weighted by Gasteiger charge is -2.09. The van der Waals surface area contributed by atoms with Gasteiger partial charge in [0, 0.05) is 6.07 Å². The van der Waals surface area contributed by atoms with Crippen molar-refractivity contribution in [3.05, 3.63) is 41.3 Å². The molecule has 1 aromatic carbocycles. The highest BCUT2D eigenvalue weighted by atomic mass is 16.5. The van der Waals surface area contributed by atoms with Crippen LogP contribution in [0.5, 0.6) is 11.5 Å². The minimum atomic E-state index is -0.520. The van der Waals surface area contributed by atoms with Crippen molar-refractivity contribution in [2.75, 3.05) is 7.11 Å². The lowest BCUT2D eigenvalue weighted by Crippen LogP contribution is -2.30. The van der Waals surface area contributed by atoms with Gasteiger partial charge in [-0.1, -0.05) is 11.2 Å². The summed E-state index contributed by atoms with van der Waals surface area (Å²) in [6, 6.07) is 7.04. The third-order valence-corrected chi connectivity index (χ3v) is 2.61. The molecule has 2 aromatic rings. The molecule has 7 heteroatoms. The molecular weight excluding hydrogens is 262 g/mol. The van der Waals surface area contributed by atoms with Crippen LogP contribution in [0.25, 0.3) is 0 Å². The van der Waals surface area contributed by atoms with Gasteiger partial charge < -0.3 is 14.0 Å². The van der Waals surface area contributed by atoms with Crippen molar-refractivity contribution in [3.8, 4) is 11.5 Å². The van der Waals surface area contributed by atoms with E-state index in [-0.39, 0.29) is 12.3 Å². The van der Waals surface area contributed by atoms with E-state index in [1.807, 2.05) is 24.5 Å². The first-order valence-corrected chi connectivity index (χ1v) is 5.88. The fourth-order valence-electron chi connectivity index (χ4n) is 1.60. The average Bonchev–Trinajstić information content (AvgIpc) is 2.93. The molecule has 0 atom stereocenters. The molecule has 1 heterocycles. The standard InChI is InChI=1S/C13H15N3O4/c1-8-3-4-11(12(5-8)18-2)19-7-9-6-10(16-20-9)13(17)15-14/h3-6H,7,14H2,1-2H3,(H,15,17). The Bertz CT molecular complexity index is 609. The summed E-state index contributed by atoms with van der Waals surface area (Å²) < 4.78 is 15.8. The molecule has 106 valence electrons. The summed E-state index contributed by atoms with van der Waals surface area (Å²) in [7, 11) is 1.57. The number of hydrogen-bond acceptors (Lipinski definition) is 6. The Morgan fingerprint density at radius 3 is 2.90 bits per heavy atom. The summed E-state index contributed by atoms with van der Waals surface area (Å²) in [5.74, 6) is 6.10. The van der Waals surface area contributed by atoms with Crippen molar-refractivity contribution in [3.63, 3.8) is 0 Å². The largest absolute Gasteiger partial charge is 0.493 e. The van der Waals surface area contributed by atoms with Crippen LogP contribution in [0.1, 0.15) is 21.8 Å². The molecular formula is C13H15N3O4. The first-order valence-electron chi connectivity index (χ1n) is 5.88. The average molecular weight is 277 g/mol. The van der Waals surface area contributed by atoms with E-state index in [0.29, 0.717) is 17.3 Å². The smallest absolute Gasteiger partial charge is 0.287 e. The van der Waals surface area contributed by atoms with Crippen molar-refractivity contribution in [1.82, 2.24) is 10.6 Å². The molecule has 0 unspecified atom stereocenters. The number of carbonyl (C=O) groups excluding carboxylic acids is 1. The molecule has 7 nitrogen and oxygen atoms in total. The zero-order valence-electron chi connectivity index (χ0n) is 11.2. The lowest BCUT2D eigenvalue weighted by molar-refractivity contribution is 0.0944. The maximum absolute atomic E-state index is 11.2. The SMILES string of the molecule is COc1cc(C)ccc1OCc1cc(C(=O)NN)no1. The Hall–Kier alpha value is -2.54. The Morgan fingerprint density at radius 1 is 1.40 bits per heavy atom. The molecule has 1 amide bonds. The summed E-state index contributed by atoms with van der Waals surface area (Å²) in [4.78, 5) is 11.2. The van der Waals surface area contributed by atoms with E-state index in [4.69, 9.17) is 19.8 Å². The first-order chi connectivity index (χ1) is 9.63. The van der Waals surface area contributed by atoms with Gasteiger partial charge in [0.2, 0.25) is 0 Å².